The fraction of sp³-hybridized carbons (Fsp3) is 0.333. The fourth-order valence-corrected chi connectivity index (χ4v) is 1.88. The molecule has 1 aromatic carbocycles. The van der Waals surface area contributed by atoms with E-state index in [2.05, 4.69) is 12.1 Å². The van der Waals surface area contributed by atoms with Crippen molar-refractivity contribution in [2.24, 2.45) is 0 Å². The van der Waals surface area contributed by atoms with Crippen molar-refractivity contribution < 1.29 is 4.39 Å². The second kappa shape index (κ2) is 5.26. The molecule has 60 valence electrons. The van der Waals surface area contributed by atoms with Gasteiger partial charge in [0, 0.05) is 0 Å². The maximum atomic E-state index is 11.7. The number of halogens is 1. The van der Waals surface area contributed by atoms with E-state index in [9.17, 15) is 4.39 Å². The van der Waals surface area contributed by atoms with Gasteiger partial charge in [0.25, 0.3) is 0 Å². The lowest BCUT2D eigenvalue weighted by Crippen LogP contribution is -1.93. The van der Waals surface area contributed by atoms with Crippen molar-refractivity contribution in [1.29, 1.82) is 0 Å². The molecule has 0 spiro atoms. The molecule has 0 radical (unpaired) electrons. The Hall–Kier alpha value is -0.420. The van der Waals surface area contributed by atoms with Crippen LogP contribution < -0.4 is 5.30 Å². The molecule has 0 aliphatic rings. The van der Waals surface area contributed by atoms with Crippen LogP contribution in [-0.2, 0) is 0 Å². The molecule has 0 fully saturated rings. The predicted molar refractivity (Wildman–Crippen MR) is 49.9 cm³/mol. The third kappa shape index (κ3) is 3.48. The molecule has 11 heavy (non-hydrogen) atoms. The summed E-state index contributed by atoms with van der Waals surface area (Å²) in [7, 11) is 0.771. The summed E-state index contributed by atoms with van der Waals surface area (Å²) in [4.78, 5) is 0. The van der Waals surface area contributed by atoms with Gasteiger partial charge < -0.3 is 0 Å². The number of rotatable bonds is 4. The van der Waals surface area contributed by atoms with Crippen LogP contribution in [0.1, 0.15) is 6.42 Å². The van der Waals surface area contributed by atoms with Crippen LogP contribution in [0.2, 0.25) is 0 Å². The Labute approximate surface area is 68.6 Å². The Kier molecular flexibility index (Phi) is 4.15. The predicted octanol–water partition coefficient (Wildman–Crippen LogP) is 2.35. The van der Waals surface area contributed by atoms with Gasteiger partial charge in [0.15, 0.2) is 0 Å². The normalized spacial score (nSPS) is 11.0. The first-order valence-corrected chi connectivity index (χ1v) is 4.99. The molecule has 1 aromatic rings. The van der Waals surface area contributed by atoms with Crippen molar-refractivity contribution >= 4 is 13.9 Å². The Balaban J connectivity index is 2.28. The van der Waals surface area contributed by atoms with E-state index in [-0.39, 0.29) is 6.67 Å². The van der Waals surface area contributed by atoms with Crippen LogP contribution in [0.4, 0.5) is 4.39 Å². The van der Waals surface area contributed by atoms with Crippen LogP contribution in [0.15, 0.2) is 30.3 Å². The smallest absolute Gasteiger partial charge is 0.0897 e. The summed E-state index contributed by atoms with van der Waals surface area (Å²) in [6.45, 7) is -0.181. The minimum atomic E-state index is -0.181. The van der Waals surface area contributed by atoms with E-state index < -0.39 is 0 Å². The number of benzene rings is 1. The Morgan fingerprint density at radius 3 is 2.55 bits per heavy atom. The van der Waals surface area contributed by atoms with Crippen LogP contribution in [-0.4, -0.2) is 12.8 Å². The van der Waals surface area contributed by atoms with Gasteiger partial charge >= 0.3 is 0 Å². The highest BCUT2D eigenvalue weighted by molar-refractivity contribution is 7.47. The largest absolute Gasteiger partial charge is 0.251 e. The molecule has 1 atom stereocenters. The average Bonchev–Trinajstić information content (AvgIpc) is 2.07. The number of hydrogen-bond donors (Lipinski definition) is 0. The van der Waals surface area contributed by atoms with Crippen LogP contribution in [0.3, 0.4) is 0 Å². The van der Waals surface area contributed by atoms with Gasteiger partial charge in [-0.3, -0.25) is 4.39 Å². The quantitative estimate of drug-likeness (QED) is 0.480. The molecule has 2 heteroatoms. The summed E-state index contributed by atoms with van der Waals surface area (Å²) in [6, 6.07) is 10.2. The molecule has 0 nitrogen and oxygen atoms in total. The third-order valence-corrected chi connectivity index (χ3v) is 2.76. The van der Waals surface area contributed by atoms with Gasteiger partial charge in [0.05, 0.1) is 6.67 Å². The SMILES string of the molecule is FCCCPc1ccccc1. The lowest BCUT2D eigenvalue weighted by Gasteiger charge is -1.97. The Morgan fingerprint density at radius 1 is 1.18 bits per heavy atom. The zero-order valence-corrected chi connectivity index (χ0v) is 7.39. The van der Waals surface area contributed by atoms with E-state index in [1.807, 2.05) is 18.2 Å². The van der Waals surface area contributed by atoms with Gasteiger partial charge in [-0.2, -0.15) is 0 Å². The molecule has 0 saturated heterocycles. The summed E-state index contributed by atoms with van der Waals surface area (Å²) in [6.07, 6.45) is 1.69. The summed E-state index contributed by atoms with van der Waals surface area (Å²) in [5.41, 5.74) is 0. The number of hydrogen-bond acceptors (Lipinski definition) is 0. The van der Waals surface area contributed by atoms with Gasteiger partial charge in [-0.1, -0.05) is 38.9 Å². The highest BCUT2D eigenvalue weighted by atomic mass is 31.1. The van der Waals surface area contributed by atoms with Crippen LogP contribution >= 0.6 is 8.58 Å². The molecule has 1 unspecified atom stereocenters. The van der Waals surface area contributed by atoms with Crippen molar-refractivity contribution in [3.63, 3.8) is 0 Å². The highest BCUT2D eigenvalue weighted by Crippen LogP contribution is 2.10. The van der Waals surface area contributed by atoms with Crippen molar-refractivity contribution in [3.8, 4) is 0 Å². The molecule has 0 aromatic heterocycles. The molecule has 0 saturated carbocycles. The van der Waals surface area contributed by atoms with E-state index in [0.29, 0.717) is 6.42 Å². The third-order valence-electron chi connectivity index (χ3n) is 1.41. The summed E-state index contributed by atoms with van der Waals surface area (Å²) in [5.74, 6) is 0. The highest BCUT2D eigenvalue weighted by Gasteiger charge is 1.89. The molecular weight excluding hydrogens is 158 g/mol. The Bertz CT molecular complexity index is 186. The summed E-state index contributed by atoms with van der Waals surface area (Å²) in [5, 5.41) is 1.33. The zero-order chi connectivity index (χ0) is 7.94. The monoisotopic (exact) mass is 170 g/mol. The fourth-order valence-electron chi connectivity index (χ4n) is 0.856. The van der Waals surface area contributed by atoms with E-state index in [4.69, 9.17) is 0 Å². The molecule has 0 aliphatic carbocycles. The van der Waals surface area contributed by atoms with Crippen molar-refractivity contribution in [3.05, 3.63) is 30.3 Å². The van der Waals surface area contributed by atoms with Gasteiger partial charge in [-0.15, -0.1) is 0 Å². The van der Waals surface area contributed by atoms with E-state index in [1.165, 1.54) is 5.30 Å². The molecule has 0 N–H and O–H groups in total. The van der Waals surface area contributed by atoms with Crippen LogP contribution in [0.5, 0.6) is 0 Å². The van der Waals surface area contributed by atoms with Crippen molar-refractivity contribution in [2.75, 3.05) is 12.8 Å². The molecular formula is C9H12FP. The maximum Gasteiger partial charge on any atom is 0.0897 e. The first-order valence-electron chi connectivity index (χ1n) is 3.78. The summed E-state index contributed by atoms with van der Waals surface area (Å²) >= 11 is 0. The summed E-state index contributed by atoms with van der Waals surface area (Å²) < 4.78 is 11.7. The van der Waals surface area contributed by atoms with Crippen molar-refractivity contribution in [1.82, 2.24) is 0 Å². The van der Waals surface area contributed by atoms with E-state index >= 15 is 0 Å². The van der Waals surface area contributed by atoms with Gasteiger partial charge in [-0.05, 0) is 17.9 Å². The minimum absolute atomic E-state index is 0.181. The molecule has 0 heterocycles. The van der Waals surface area contributed by atoms with Gasteiger partial charge in [0.2, 0.25) is 0 Å². The lowest BCUT2D eigenvalue weighted by atomic mass is 10.4. The van der Waals surface area contributed by atoms with E-state index in [1.54, 1.807) is 0 Å². The molecule has 1 rings (SSSR count). The average molecular weight is 170 g/mol. The van der Waals surface area contributed by atoms with Crippen molar-refractivity contribution in [2.45, 2.75) is 6.42 Å². The van der Waals surface area contributed by atoms with Gasteiger partial charge in [0.1, 0.15) is 0 Å². The van der Waals surface area contributed by atoms with Crippen LogP contribution in [0.25, 0.3) is 0 Å². The topological polar surface area (TPSA) is 0 Å². The lowest BCUT2D eigenvalue weighted by molar-refractivity contribution is 0.489. The molecule has 0 aliphatic heterocycles. The second-order valence-electron chi connectivity index (χ2n) is 2.34. The van der Waals surface area contributed by atoms with Crippen LogP contribution in [0, 0.1) is 0 Å². The minimum Gasteiger partial charge on any atom is -0.251 e. The molecule has 0 amide bonds. The van der Waals surface area contributed by atoms with E-state index in [0.717, 1.165) is 14.7 Å². The van der Waals surface area contributed by atoms with Gasteiger partial charge in [-0.25, -0.2) is 0 Å². The molecule has 0 bridgehead atoms. The zero-order valence-electron chi connectivity index (χ0n) is 6.39. The maximum absolute atomic E-state index is 11.7. The standard InChI is InChI=1S/C9H12FP/c10-7-4-8-11-9-5-2-1-3-6-9/h1-3,5-6,11H,4,7-8H2. The first kappa shape index (κ1) is 8.67. The second-order valence-corrected chi connectivity index (χ2v) is 3.77. The Morgan fingerprint density at radius 2 is 1.91 bits per heavy atom. The first-order chi connectivity index (χ1) is 5.43. The number of alkyl halides is 1.